The highest BCUT2D eigenvalue weighted by molar-refractivity contribution is 6.06. The Balaban J connectivity index is 1.64. The van der Waals surface area contributed by atoms with Gasteiger partial charge in [-0.25, -0.2) is 4.79 Å². The molecule has 27 heavy (non-hydrogen) atoms. The Morgan fingerprint density at radius 2 is 1.59 bits per heavy atom. The van der Waals surface area contributed by atoms with Gasteiger partial charge in [0.1, 0.15) is 0 Å². The molecule has 0 aliphatic carbocycles. The first-order valence-electron chi connectivity index (χ1n) is 8.66. The van der Waals surface area contributed by atoms with Gasteiger partial charge in [-0.3, -0.25) is 9.59 Å². The van der Waals surface area contributed by atoms with E-state index in [4.69, 9.17) is 4.74 Å². The summed E-state index contributed by atoms with van der Waals surface area (Å²) < 4.78 is 5.21. The third-order valence-electron chi connectivity index (χ3n) is 4.16. The second-order valence-corrected chi connectivity index (χ2v) is 6.01. The van der Waals surface area contributed by atoms with Gasteiger partial charge < -0.3 is 10.1 Å². The monoisotopic (exact) mass is 361 g/mol. The molecule has 0 heterocycles. The number of Topliss-reactive ketones (excluding diaryl/α,β-unsaturated/α-hetero) is 1. The van der Waals surface area contributed by atoms with E-state index in [9.17, 15) is 14.4 Å². The molecule has 3 aromatic carbocycles. The van der Waals surface area contributed by atoms with Crippen LogP contribution in [0.2, 0.25) is 0 Å². The number of ketones is 1. The number of nitrogens with one attached hydrogen (secondary N) is 1. The van der Waals surface area contributed by atoms with Crippen LogP contribution in [0.3, 0.4) is 0 Å². The average molecular weight is 361 g/mol. The smallest absolute Gasteiger partial charge is 0.339 e. The van der Waals surface area contributed by atoms with Crippen molar-refractivity contribution in [1.82, 2.24) is 0 Å². The van der Waals surface area contributed by atoms with Crippen LogP contribution in [0.1, 0.15) is 34.1 Å². The lowest BCUT2D eigenvalue weighted by molar-refractivity contribution is -0.115. The van der Waals surface area contributed by atoms with Gasteiger partial charge in [-0.15, -0.1) is 0 Å². The Morgan fingerprint density at radius 1 is 0.889 bits per heavy atom. The van der Waals surface area contributed by atoms with Crippen molar-refractivity contribution in [3.05, 3.63) is 77.9 Å². The number of esters is 1. The minimum atomic E-state index is -0.535. The fourth-order valence-corrected chi connectivity index (χ4v) is 2.68. The zero-order chi connectivity index (χ0) is 19.2. The third-order valence-corrected chi connectivity index (χ3v) is 4.16. The van der Waals surface area contributed by atoms with Crippen molar-refractivity contribution in [2.24, 2.45) is 0 Å². The van der Waals surface area contributed by atoms with Crippen molar-refractivity contribution >= 4 is 34.1 Å². The molecule has 0 aliphatic heterocycles. The summed E-state index contributed by atoms with van der Waals surface area (Å²) in [5.74, 6) is -0.943. The molecule has 136 valence electrons. The molecule has 1 N–H and O–H groups in total. The van der Waals surface area contributed by atoms with E-state index >= 15 is 0 Å². The van der Waals surface area contributed by atoms with Crippen LogP contribution in [0.15, 0.2) is 66.7 Å². The Kier molecular flexibility index (Phi) is 5.61. The molecule has 3 aromatic rings. The maximum atomic E-state index is 12.4. The molecule has 1 amide bonds. The molecule has 0 radical (unpaired) electrons. The lowest BCUT2D eigenvalue weighted by Crippen LogP contribution is -2.15. The van der Waals surface area contributed by atoms with Crippen LogP contribution in [-0.2, 0) is 9.53 Å². The topological polar surface area (TPSA) is 72.5 Å². The van der Waals surface area contributed by atoms with E-state index in [0.717, 1.165) is 10.8 Å². The summed E-state index contributed by atoms with van der Waals surface area (Å²) in [5.41, 5.74) is 1.46. The molecule has 3 rings (SSSR count). The summed E-state index contributed by atoms with van der Waals surface area (Å²) in [6.45, 7) is 1.42. The number of benzene rings is 3. The van der Waals surface area contributed by atoms with E-state index in [1.807, 2.05) is 30.3 Å². The molecule has 5 nitrogen and oxygen atoms in total. The second kappa shape index (κ2) is 8.27. The largest absolute Gasteiger partial charge is 0.454 e. The van der Waals surface area contributed by atoms with Crippen LogP contribution in [0.4, 0.5) is 5.69 Å². The summed E-state index contributed by atoms with van der Waals surface area (Å²) in [6, 6.07) is 19.4. The highest BCUT2D eigenvalue weighted by Gasteiger charge is 2.14. The quantitative estimate of drug-likeness (QED) is 0.527. The molecule has 0 saturated carbocycles. The Morgan fingerprint density at radius 3 is 2.33 bits per heavy atom. The zero-order valence-corrected chi connectivity index (χ0v) is 14.9. The number of anilines is 1. The average Bonchev–Trinajstić information content (AvgIpc) is 2.71. The molecular weight excluding hydrogens is 342 g/mol. The fraction of sp³-hybridized carbons (Fsp3) is 0.136. The number of fused-ring (bicyclic) bond motifs is 1. The summed E-state index contributed by atoms with van der Waals surface area (Å²) in [7, 11) is 0. The summed E-state index contributed by atoms with van der Waals surface area (Å²) in [6.07, 6.45) is 0.380. The lowest BCUT2D eigenvalue weighted by Gasteiger charge is -2.08. The normalized spacial score (nSPS) is 10.4. The molecule has 0 aromatic heterocycles. The number of amides is 1. The van der Waals surface area contributed by atoms with Crippen molar-refractivity contribution in [2.75, 3.05) is 11.9 Å². The van der Waals surface area contributed by atoms with Crippen LogP contribution < -0.4 is 5.32 Å². The van der Waals surface area contributed by atoms with Crippen molar-refractivity contribution in [3.63, 3.8) is 0 Å². The predicted octanol–water partition coefficient (Wildman–Crippen LogP) is 4.23. The molecule has 0 aliphatic rings. The van der Waals surface area contributed by atoms with Crippen molar-refractivity contribution in [2.45, 2.75) is 13.3 Å². The maximum Gasteiger partial charge on any atom is 0.339 e. The van der Waals surface area contributed by atoms with Gasteiger partial charge >= 0.3 is 5.97 Å². The lowest BCUT2D eigenvalue weighted by atomic mass is 10.0. The Hall–Kier alpha value is -3.47. The van der Waals surface area contributed by atoms with Crippen molar-refractivity contribution in [3.8, 4) is 0 Å². The Bertz CT molecular complexity index is 987. The van der Waals surface area contributed by atoms with E-state index in [1.54, 1.807) is 43.3 Å². The summed E-state index contributed by atoms with van der Waals surface area (Å²) >= 11 is 0. The van der Waals surface area contributed by atoms with E-state index in [0.29, 0.717) is 23.2 Å². The number of hydrogen-bond acceptors (Lipinski definition) is 4. The van der Waals surface area contributed by atoms with E-state index < -0.39 is 5.97 Å². The fourth-order valence-electron chi connectivity index (χ4n) is 2.68. The summed E-state index contributed by atoms with van der Waals surface area (Å²) in [4.78, 5) is 36.0. The van der Waals surface area contributed by atoms with Crippen LogP contribution >= 0.6 is 0 Å². The standard InChI is InChI=1S/C22H19NO4/c1-2-21(25)23-17-12-10-16(11-13-17)20(24)14-27-22(26)19-9-5-7-15-6-3-4-8-18(15)19/h3-13H,2,14H2,1H3,(H,23,25). The third kappa shape index (κ3) is 4.39. The van der Waals surface area contributed by atoms with Crippen LogP contribution in [0.5, 0.6) is 0 Å². The molecule has 0 spiro atoms. The maximum absolute atomic E-state index is 12.4. The number of ether oxygens (including phenoxy) is 1. The molecule has 0 saturated heterocycles. The van der Waals surface area contributed by atoms with Gasteiger partial charge in [-0.1, -0.05) is 43.3 Å². The molecule has 0 unspecified atom stereocenters. The number of carbonyl (C=O) groups excluding carboxylic acids is 3. The van der Waals surface area contributed by atoms with Gasteiger partial charge in [-0.2, -0.15) is 0 Å². The highest BCUT2D eigenvalue weighted by Crippen LogP contribution is 2.19. The number of carbonyl (C=O) groups is 3. The van der Waals surface area contributed by atoms with E-state index in [1.165, 1.54) is 0 Å². The van der Waals surface area contributed by atoms with Crippen LogP contribution in [-0.4, -0.2) is 24.3 Å². The minimum absolute atomic E-state index is 0.0990. The van der Waals surface area contributed by atoms with Gasteiger partial charge in [0, 0.05) is 17.7 Å². The summed E-state index contributed by atoms with van der Waals surface area (Å²) in [5, 5.41) is 4.43. The van der Waals surface area contributed by atoms with Crippen molar-refractivity contribution in [1.29, 1.82) is 0 Å². The second-order valence-electron chi connectivity index (χ2n) is 6.01. The molecule has 0 fully saturated rings. The Labute approximate surface area is 157 Å². The minimum Gasteiger partial charge on any atom is -0.454 e. The predicted molar refractivity (Wildman–Crippen MR) is 104 cm³/mol. The van der Waals surface area contributed by atoms with E-state index in [2.05, 4.69) is 5.32 Å². The van der Waals surface area contributed by atoms with Crippen LogP contribution in [0.25, 0.3) is 10.8 Å². The zero-order valence-electron chi connectivity index (χ0n) is 14.9. The number of hydrogen-bond donors (Lipinski definition) is 1. The van der Waals surface area contributed by atoms with Gasteiger partial charge in [0.05, 0.1) is 5.56 Å². The molecule has 5 heteroatoms. The van der Waals surface area contributed by atoms with Gasteiger partial charge in [0.25, 0.3) is 0 Å². The first-order chi connectivity index (χ1) is 13.1. The van der Waals surface area contributed by atoms with E-state index in [-0.39, 0.29) is 18.3 Å². The SMILES string of the molecule is CCC(=O)Nc1ccc(C(=O)COC(=O)c2cccc3ccccc23)cc1. The van der Waals surface area contributed by atoms with Crippen molar-refractivity contribution < 1.29 is 19.1 Å². The first kappa shape index (κ1) is 18.3. The van der Waals surface area contributed by atoms with Crippen LogP contribution in [0, 0.1) is 0 Å². The van der Waals surface area contributed by atoms with Gasteiger partial charge in [0.2, 0.25) is 5.91 Å². The van der Waals surface area contributed by atoms with Gasteiger partial charge in [0.15, 0.2) is 12.4 Å². The van der Waals surface area contributed by atoms with Gasteiger partial charge in [-0.05, 0) is 41.1 Å². The molecular formula is C22H19NO4. The molecule has 0 bridgehead atoms. The number of rotatable bonds is 6. The highest BCUT2D eigenvalue weighted by atomic mass is 16.5. The first-order valence-corrected chi connectivity index (χ1v) is 8.66. The molecule has 0 atom stereocenters.